The van der Waals surface area contributed by atoms with E-state index in [1.807, 2.05) is 73.7 Å². The maximum Gasteiger partial charge on any atom is 0.214 e. The molecular weight excluding hydrogens is 524 g/mol. The third-order valence-corrected chi connectivity index (χ3v) is 6.08. The minimum atomic E-state index is 0.384. The van der Waals surface area contributed by atoms with Gasteiger partial charge in [0, 0.05) is 15.1 Å². The van der Waals surface area contributed by atoms with Crippen LogP contribution < -0.4 is 14.9 Å². The zero-order valence-electron chi connectivity index (χ0n) is 17.8. The Morgan fingerprint density at radius 2 is 1.85 bits per heavy atom. The normalized spacial score (nSPS) is 10.8. The molecule has 33 heavy (non-hydrogen) atoms. The van der Waals surface area contributed by atoms with Gasteiger partial charge in [-0.05, 0) is 54.5 Å². The van der Waals surface area contributed by atoms with Gasteiger partial charge in [-0.3, -0.25) is 0 Å². The van der Waals surface area contributed by atoms with Gasteiger partial charge in [-0.15, -0.1) is 0 Å². The number of halogens is 2. The molecule has 0 saturated heterocycles. The zero-order valence-corrected chi connectivity index (χ0v) is 21.0. The van der Waals surface area contributed by atoms with Gasteiger partial charge in [0.25, 0.3) is 0 Å². The zero-order chi connectivity index (χ0) is 23.2. The fourth-order valence-electron chi connectivity index (χ4n) is 3.27. The van der Waals surface area contributed by atoms with Crippen LogP contribution in [0.25, 0.3) is 11.4 Å². The van der Waals surface area contributed by atoms with E-state index in [1.165, 1.54) is 0 Å². The van der Waals surface area contributed by atoms with Crippen LogP contribution in [0.4, 0.5) is 0 Å². The monoisotopic (exact) mass is 544 g/mol. The summed E-state index contributed by atoms with van der Waals surface area (Å²) in [5.41, 5.74) is 6.27. The summed E-state index contributed by atoms with van der Waals surface area (Å²) in [6.45, 7) is 3.34. The first-order valence-electron chi connectivity index (χ1n) is 10.3. The van der Waals surface area contributed by atoms with Crippen LogP contribution in [0.3, 0.4) is 0 Å². The number of aromatic nitrogens is 3. The fourth-order valence-corrected chi connectivity index (χ4v) is 4.14. The van der Waals surface area contributed by atoms with Gasteiger partial charge < -0.3 is 14.9 Å². The van der Waals surface area contributed by atoms with Crippen LogP contribution in [0.15, 0.2) is 71.2 Å². The summed E-state index contributed by atoms with van der Waals surface area (Å²) in [6.07, 6.45) is 0. The summed E-state index contributed by atoms with van der Waals surface area (Å²) in [6, 6.07) is 21.3. The van der Waals surface area contributed by atoms with E-state index in [0.29, 0.717) is 46.9 Å². The SMILES string of the molecule is CCOc1cc(CNn2c(-c3ccccc3)n[nH]c2=S)c(Br)cc1OCc1cccc(Cl)c1. The van der Waals surface area contributed by atoms with Crippen LogP contribution in [0.1, 0.15) is 18.1 Å². The van der Waals surface area contributed by atoms with E-state index in [-0.39, 0.29) is 0 Å². The molecule has 0 saturated carbocycles. The lowest BCUT2D eigenvalue weighted by Gasteiger charge is -2.16. The standard InChI is InChI=1S/C24H22BrClN4O2S/c1-2-31-21-12-18(20(25)13-22(21)32-15-16-7-6-10-19(26)11-16)14-27-30-23(28-29-24(30)33)17-8-4-3-5-9-17/h3-13,27H,2,14-15H2,1H3,(H,29,33). The van der Waals surface area contributed by atoms with Crippen molar-refractivity contribution in [2.24, 2.45) is 0 Å². The molecule has 3 aromatic carbocycles. The first-order valence-corrected chi connectivity index (χ1v) is 11.9. The van der Waals surface area contributed by atoms with Gasteiger partial charge in [0.05, 0.1) is 13.2 Å². The Bertz CT molecular complexity index is 1290. The van der Waals surface area contributed by atoms with E-state index >= 15 is 0 Å². The van der Waals surface area contributed by atoms with E-state index in [2.05, 4.69) is 31.6 Å². The molecule has 0 fully saturated rings. The van der Waals surface area contributed by atoms with Crippen molar-refractivity contribution in [1.82, 2.24) is 14.9 Å². The molecule has 0 aliphatic rings. The number of benzene rings is 3. The average Bonchev–Trinajstić information content (AvgIpc) is 3.19. The summed E-state index contributed by atoms with van der Waals surface area (Å²) in [7, 11) is 0. The third kappa shape index (κ3) is 5.76. The van der Waals surface area contributed by atoms with Crippen molar-refractivity contribution < 1.29 is 9.47 Å². The van der Waals surface area contributed by atoms with Crippen LogP contribution in [-0.2, 0) is 13.2 Å². The Kier molecular flexibility index (Phi) is 7.69. The predicted octanol–water partition coefficient (Wildman–Crippen LogP) is 6.74. The molecule has 0 atom stereocenters. The molecule has 0 bridgehead atoms. The van der Waals surface area contributed by atoms with Crippen LogP contribution in [0, 0.1) is 4.77 Å². The van der Waals surface area contributed by atoms with E-state index in [9.17, 15) is 0 Å². The second-order valence-electron chi connectivity index (χ2n) is 7.13. The van der Waals surface area contributed by atoms with E-state index in [0.717, 1.165) is 21.2 Å². The smallest absolute Gasteiger partial charge is 0.214 e. The van der Waals surface area contributed by atoms with Crippen molar-refractivity contribution in [2.75, 3.05) is 12.0 Å². The van der Waals surface area contributed by atoms with E-state index < -0.39 is 0 Å². The second-order valence-corrected chi connectivity index (χ2v) is 8.81. The van der Waals surface area contributed by atoms with Crippen LogP contribution in [0.5, 0.6) is 11.5 Å². The molecule has 2 N–H and O–H groups in total. The average molecular weight is 546 g/mol. The highest BCUT2D eigenvalue weighted by Crippen LogP contribution is 2.34. The summed E-state index contributed by atoms with van der Waals surface area (Å²) in [5, 5.41) is 7.89. The molecule has 1 heterocycles. The highest BCUT2D eigenvalue weighted by atomic mass is 79.9. The van der Waals surface area contributed by atoms with Crippen molar-refractivity contribution in [2.45, 2.75) is 20.1 Å². The van der Waals surface area contributed by atoms with Crippen molar-refractivity contribution in [3.05, 3.63) is 92.1 Å². The maximum absolute atomic E-state index is 6.08. The molecule has 0 aliphatic carbocycles. The molecule has 9 heteroatoms. The lowest BCUT2D eigenvalue weighted by molar-refractivity contribution is 0.269. The van der Waals surface area contributed by atoms with Crippen LogP contribution in [0.2, 0.25) is 5.02 Å². The summed E-state index contributed by atoms with van der Waals surface area (Å²) < 4.78 is 15.0. The Hall–Kier alpha value is -2.81. The molecule has 0 radical (unpaired) electrons. The molecule has 4 aromatic rings. The molecule has 0 aliphatic heterocycles. The minimum absolute atomic E-state index is 0.384. The lowest BCUT2D eigenvalue weighted by atomic mass is 10.2. The Morgan fingerprint density at radius 1 is 1.06 bits per heavy atom. The number of hydrogen-bond acceptors (Lipinski definition) is 5. The number of ether oxygens (including phenoxy) is 2. The quantitative estimate of drug-likeness (QED) is 0.228. The Balaban J connectivity index is 1.54. The van der Waals surface area contributed by atoms with Crippen molar-refractivity contribution in [3.8, 4) is 22.9 Å². The van der Waals surface area contributed by atoms with Gasteiger partial charge >= 0.3 is 0 Å². The first kappa shape index (κ1) is 23.4. The van der Waals surface area contributed by atoms with Crippen LogP contribution in [-0.4, -0.2) is 21.5 Å². The van der Waals surface area contributed by atoms with Gasteiger partial charge in [-0.25, -0.2) is 9.77 Å². The minimum Gasteiger partial charge on any atom is -0.490 e. The van der Waals surface area contributed by atoms with E-state index in [4.69, 9.17) is 33.3 Å². The number of hydrogen-bond donors (Lipinski definition) is 2. The van der Waals surface area contributed by atoms with Gasteiger partial charge in [0.15, 0.2) is 17.3 Å². The first-order chi connectivity index (χ1) is 16.0. The Morgan fingerprint density at radius 3 is 2.61 bits per heavy atom. The lowest BCUT2D eigenvalue weighted by Crippen LogP contribution is -2.16. The second kappa shape index (κ2) is 10.9. The van der Waals surface area contributed by atoms with Gasteiger partial charge in [0.1, 0.15) is 6.61 Å². The molecular formula is C24H22BrClN4O2S. The topological polar surface area (TPSA) is 64.1 Å². The van der Waals surface area contributed by atoms with Crippen LogP contribution >= 0.6 is 39.7 Å². The molecule has 4 rings (SSSR count). The van der Waals surface area contributed by atoms with Gasteiger partial charge in [-0.1, -0.05) is 70.0 Å². The number of nitrogens with zero attached hydrogens (tertiary/aromatic N) is 2. The van der Waals surface area contributed by atoms with Gasteiger partial charge in [0.2, 0.25) is 4.77 Å². The van der Waals surface area contributed by atoms with Crippen molar-refractivity contribution in [3.63, 3.8) is 0 Å². The number of aromatic amines is 1. The molecule has 1 aromatic heterocycles. The number of H-pyrrole nitrogens is 1. The molecule has 170 valence electrons. The largest absolute Gasteiger partial charge is 0.490 e. The Labute approximate surface area is 210 Å². The molecule has 0 amide bonds. The van der Waals surface area contributed by atoms with E-state index in [1.54, 1.807) is 4.68 Å². The summed E-state index contributed by atoms with van der Waals surface area (Å²) >= 11 is 15.2. The van der Waals surface area contributed by atoms with Gasteiger partial charge in [-0.2, -0.15) is 5.10 Å². The third-order valence-electron chi connectivity index (χ3n) is 4.83. The summed E-state index contributed by atoms with van der Waals surface area (Å²) in [4.78, 5) is 0. The number of rotatable bonds is 9. The van der Waals surface area contributed by atoms with Crippen molar-refractivity contribution in [1.29, 1.82) is 0 Å². The highest BCUT2D eigenvalue weighted by Gasteiger charge is 2.13. The summed E-state index contributed by atoms with van der Waals surface area (Å²) in [5.74, 6) is 2.03. The maximum atomic E-state index is 6.08. The predicted molar refractivity (Wildman–Crippen MR) is 137 cm³/mol. The van der Waals surface area contributed by atoms with Crippen molar-refractivity contribution >= 4 is 39.7 Å². The molecule has 0 unspecified atom stereocenters. The molecule has 0 spiro atoms. The number of nitrogens with one attached hydrogen (secondary N) is 2. The fraction of sp³-hybridized carbons (Fsp3) is 0.167. The highest BCUT2D eigenvalue weighted by molar-refractivity contribution is 9.10. The molecule has 6 nitrogen and oxygen atoms in total.